The predicted molar refractivity (Wildman–Crippen MR) is 56.5 cm³/mol. The van der Waals surface area contributed by atoms with Crippen LogP contribution in [0.4, 0.5) is 0 Å². The van der Waals surface area contributed by atoms with E-state index in [1.54, 1.807) is 0 Å². The lowest BCUT2D eigenvalue weighted by molar-refractivity contribution is 0.0366. The SMILES string of the molecule is CNCC1CN1CCN1CCOCC1. The normalized spacial score (nSPS) is 33.2. The highest BCUT2D eigenvalue weighted by molar-refractivity contribution is 4.90. The van der Waals surface area contributed by atoms with Crippen LogP contribution in [0.15, 0.2) is 0 Å². The molecular formula is C10H21N3O. The average molecular weight is 199 g/mol. The first-order chi connectivity index (χ1) is 6.90. The summed E-state index contributed by atoms with van der Waals surface area (Å²) in [4.78, 5) is 5.03. The Morgan fingerprint density at radius 1 is 1.29 bits per heavy atom. The van der Waals surface area contributed by atoms with E-state index in [1.165, 1.54) is 19.6 Å². The Balaban J connectivity index is 1.54. The fourth-order valence-electron chi connectivity index (χ4n) is 2.02. The van der Waals surface area contributed by atoms with Crippen molar-refractivity contribution in [2.45, 2.75) is 6.04 Å². The summed E-state index contributed by atoms with van der Waals surface area (Å²) in [6.45, 7) is 8.93. The van der Waals surface area contributed by atoms with Crippen molar-refractivity contribution in [2.75, 3.05) is 59.5 Å². The van der Waals surface area contributed by atoms with Gasteiger partial charge in [-0.15, -0.1) is 0 Å². The predicted octanol–water partition coefficient (Wildman–Crippen LogP) is -0.778. The highest BCUT2D eigenvalue weighted by Gasteiger charge is 2.32. The first-order valence-corrected chi connectivity index (χ1v) is 5.59. The molecule has 0 radical (unpaired) electrons. The van der Waals surface area contributed by atoms with Crippen LogP contribution in [0, 0.1) is 0 Å². The van der Waals surface area contributed by atoms with Gasteiger partial charge in [0.25, 0.3) is 0 Å². The fraction of sp³-hybridized carbons (Fsp3) is 1.00. The first-order valence-electron chi connectivity index (χ1n) is 5.59. The highest BCUT2D eigenvalue weighted by atomic mass is 16.5. The Hall–Kier alpha value is -0.160. The number of nitrogens with one attached hydrogen (secondary N) is 1. The molecule has 2 aliphatic heterocycles. The highest BCUT2D eigenvalue weighted by Crippen LogP contribution is 2.15. The van der Waals surface area contributed by atoms with E-state index >= 15 is 0 Å². The molecule has 2 heterocycles. The quantitative estimate of drug-likeness (QED) is 0.588. The standard InChI is InChI=1S/C10H21N3O/c1-11-8-10-9-13(10)3-2-12-4-6-14-7-5-12/h10-11H,2-9H2,1H3. The van der Waals surface area contributed by atoms with Crippen LogP contribution in [0.3, 0.4) is 0 Å². The molecule has 0 spiro atoms. The van der Waals surface area contributed by atoms with Crippen molar-refractivity contribution in [3.8, 4) is 0 Å². The molecule has 2 unspecified atom stereocenters. The van der Waals surface area contributed by atoms with E-state index < -0.39 is 0 Å². The van der Waals surface area contributed by atoms with Crippen molar-refractivity contribution in [2.24, 2.45) is 0 Å². The van der Waals surface area contributed by atoms with Crippen LogP contribution in [0.1, 0.15) is 0 Å². The molecule has 0 saturated carbocycles. The number of ether oxygens (including phenoxy) is 1. The molecular weight excluding hydrogens is 178 g/mol. The van der Waals surface area contributed by atoms with Gasteiger partial charge in [0.1, 0.15) is 0 Å². The van der Waals surface area contributed by atoms with Gasteiger partial charge in [-0.2, -0.15) is 0 Å². The smallest absolute Gasteiger partial charge is 0.0594 e. The molecule has 2 rings (SSSR count). The molecule has 2 atom stereocenters. The van der Waals surface area contributed by atoms with E-state index in [9.17, 15) is 0 Å². The Labute approximate surface area is 86.2 Å². The lowest BCUT2D eigenvalue weighted by Gasteiger charge is -2.26. The van der Waals surface area contributed by atoms with Gasteiger partial charge in [-0.3, -0.25) is 9.80 Å². The minimum Gasteiger partial charge on any atom is -0.379 e. The monoisotopic (exact) mass is 199 g/mol. The van der Waals surface area contributed by atoms with Crippen molar-refractivity contribution in [1.82, 2.24) is 15.1 Å². The maximum atomic E-state index is 5.32. The Morgan fingerprint density at radius 2 is 2.07 bits per heavy atom. The molecule has 2 saturated heterocycles. The zero-order valence-electron chi connectivity index (χ0n) is 9.04. The lowest BCUT2D eigenvalue weighted by Crippen LogP contribution is -2.39. The molecule has 0 aromatic rings. The minimum atomic E-state index is 0.807. The van der Waals surface area contributed by atoms with Crippen LogP contribution in [0.5, 0.6) is 0 Å². The van der Waals surface area contributed by atoms with Crippen LogP contribution in [-0.4, -0.2) is 75.4 Å². The van der Waals surface area contributed by atoms with E-state index in [0.29, 0.717) is 0 Å². The van der Waals surface area contributed by atoms with Gasteiger partial charge in [0.05, 0.1) is 13.2 Å². The molecule has 0 aromatic carbocycles. The largest absolute Gasteiger partial charge is 0.379 e. The number of morpholine rings is 1. The van der Waals surface area contributed by atoms with Gasteiger partial charge in [0, 0.05) is 45.3 Å². The van der Waals surface area contributed by atoms with E-state index in [0.717, 1.165) is 38.9 Å². The number of likely N-dealkylation sites (N-methyl/N-ethyl adjacent to an activating group) is 1. The molecule has 0 amide bonds. The Morgan fingerprint density at radius 3 is 2.79 bits per heavy atom. The Kier molecular flexibility index (Phi) is 3.75. The van der Waals surface area contributed by atoms with E-state index in [2.05, 4.69) is 15.1 Å². The second kappa shape index (κ2) is 5.07. The number of nitrogens with zero attached hydrogens (tertiary/aromatic N) is 2. The third-order valence-electron chi connectivity index (χ3n) is 3.07. The summed E-state index contributed by atoms with van der Waals surface area (Å²) in [5.41, 5.74) is 0. The van der Waals surface area contributed by atoms with Gasteiger partial charge < -0.3 is 10.1 Å². The topological polar surface area (TPSA) is 27.5 Å². The van der Waals surface area contributed by atoms with E-state index in [-0.39, 0.29) is 0 Å². The van der Waals surface area contributed by atoms with Gasteiger partial charge in [-0.1, -0.05) is 0 Å². The summed E-state index contributed by atoms with van der Waals surface area (Å²) >= 11 is 0. The molecule has 0 aromatic heterocycles. The average Bonchev–Trinajstić information content (AvgIpc) is 2.96. The molecule has 4 nitrogen and oxygen atoms in total. The summed E-state index contributed by atoms with van der Waals surface area (Å²) in [5.74, 6) is 0. The number of hydrogen-bond donors (Lipinski definition) is 1. The summed E-state index contributed by atoms with van der Waals surface area (Å²) < 4.78 is 5.32. The fourth-order valence-corrected chi connectivity index (χ4v) is 2.02. The van der Waals surface area contributed by atoms with Crippen molar-refractivity contribution in [3.05, 3.63) is 0 Å². The van der Waals surface area contributed by atoms with Crippen LogP contribution < -0.4 is 5.32 Å². The molecule has 2 aliphatic rings. The molecule has 4 heteroatoms. The van der Waals surface area contributed by atoms with Crippen molar-refractivity contribution < 1.29 is 4.74 Å². The summed E-state index contributed by atoms with van der Waals surface area (Å²) in [7, 11) is 2.03. The van der Waals surface area contributed by atoms with E-state index in [4.69, 9.17) is 4.74 Å². The van der Waals surface area contributed by atoms with Gasteiger partial charge in [0.2, 0.25) is 0 Å². The van der Waals surface area contributed by atoms with Crippen LogP contribution >= 0.6 is 0 Å². The summed E-state index contributed by atoms with van der Waals surface area (Å²) in [6.07, 6.45) is 0. The maximum absolute atomic E-state index is 5.32. The van der Waals surface area contributed by atoms with Crippen molar-refractivity contribution >= 4 is 0 Å². The lowest BCUT2D eigenvalue weighted by atomic mass is 10.4. The van der Waals surface area contributed by atoms with Crippen molar-refractivity contribution in [1.29, 1.82) is 0 Å². The van der Waals surface area contributed by atoms with Crippen molar-refractivity contribution in [3.63, 3.8) is 0 Å². The molecule has 0 bridgehead atoms. The number of hydrogen-bond acceptors (Lipinski definition) is 4. The van der Waals surface area contributed by atoms with Gasteiger partial charge in [0.15, 0.2) is 0 Å². The molecule has 1 N–H and O–H groups in total. The van der Waals surface area contributed by atoms with Crippen LogP contribution in [0.2, 0.25) is 0 Å². The Bertz CT molecular complexity index is 171. The maximum Gasteiger partial charge on any atom is 0.0594 e. The third kappa shape index (κ3) is 2.92. The summed E-state index contributed by atoms with van der Waals surface area (Å²) in [6, 6.07) is 0.807. The second-order valence-electron chi connectivity index (χ2n) is 4.16. The van der Waals surface area contributed by atoms with Gasteiger partial charge in [-0.25, -0.2) is 0 Å². The second-order valence-corrected chi connectivity index (χ2v) is 4.16. The zero-order chi connectivity index (χ0) is 9.80. The van der Waals surface area contributed by atoms with Gasteiger partial charge >= 0.3 is 0 Å². The third-order valence-corrected chi connectivity index (χ3v) is 3.07. The first kappa shape index (κ1) is 10.4. The molecule has 14 heavy (non-hydrogen) atoms. The molecule has 0 aliphatic carbocycles. The summed E-state index contributed by atoms with van der Waals surface area (Å²) in [5, 5.41) is 3.22. The zero-order valence-corrected chi connectivity index (χ0v) is 9.04. The molecule has 2 fully saturated rings. The minimum absolute atomic E-state index is 0.807. The van der Waals surface area contributed by atoms with E-state index in [1.807, 2.05) is 7.05 Å². The van der Waals surface area contributed by atoms with Gasteiger partial charge in [-0.05, 0) is 7.05 Å². The van der Waals surface area contributed by atoms with Crippen LogP contribution in [-0.2, 0) is 4.74 Å². The molecule has 82 valence electrons. The number of rotatable bonds is 5. The van der Waals surface area contributed by atoms with Crippen LogP contribution in [0.25, 0.3) is 0 Å².